The highest BCUT2D eigenvalue weighted by Crippen LogP contribution is 2.25. The zero-order valence-electron chi connectivity index (χ0n) is 16.4. The topological polar surface area (TPSA) is 78.7 Å². The zero-order chi connectivity index (χ0) is 20.1. The maximum atomic E-state index is 12.3. The molecule has 1 amide bonds. The number of nitrogens with zero attached hydrogens (tertiary/aromatic N) is 3. The number of anilines is 2. The summed E-state index contributed by atoms with van der Waals surface area (Å²) in [6.07, 6.45) is 0.178. The molecule has 1 aliphatic rings. The fraction of sp³-hybridized carbons (Fsp3) is 0.381. The molecule has 0 aliphatic carbocycles. The quantitative estimate of drug-likeness (QED) is 0.613. The minimum atomic E-state index is -0.448. The maximum Gasteiger partial charge on any atom is 0.269 e. The summed E-state index contributed by atoms with van der Waals surface area (Å²) >= 11 is 0. The van der Waals surface area contributed by atoms with E-state index in [1.54, 1.807) is 12.1 Å². The molecule has 148 valence electrons. The minimum absolute atomic E-state index is 0.0233. The Morgan fingerprint density at radius 3 is 2.36 bits per heavy atom. The highest BCUT2D eigenvalue weighted by molar-refractivity contribution is 5.92. The average molecular weight is 382 g/mol. The van der Waals surface area contributed by atoms with Crippen LogP contribution in [0.1, 0.15) is 18.1 Å². The molecule has 1 aliphatic heterocycles. The molecule has 1 fully saturated rings. The zero-order valence-corrected chi connectivity index (χ0v) is 16.4. The summed E-state index contributed by atoms with van der Waals surface area (Å²) in [5, 5.41) is 13.6. The van der Waals surface area contributed by atoms with Crippen LogP contribution >= 0.6 is 0 Å². The summed E-state index contributed by atoms with van der Waals surface area (Å²) in [6.45, 7) is 9.52. The van der Waals surface area contributed by atoms with E-state index < -0.39 is 4.92 Å². The second-order valence-electron chi connectivity index (χ2n) is 7.07. The molecular weight excluding hydrogens is 356 g/mol. The van der Waals surface area contributed by atoms with Crippen LogP contribution in [0.15, 0.2) is 42.5 Å². The van der Waals surface area contributed by atoms with Gasteiger partial charge in [-0.25, -0.2) is 0 Å². The SMILES string of the molecule is CCN1CCN(c2ccc(NC(=O)Cc3ccc([N+](=O)[O-])cc3)cc2C)CC1. The number of nitro groups is 1. The van der Waals surface area contributed by atoms with Gasteiger partial charge in [-0.1, -0.05) is 19.1 Å². The smallest absolute Gasteiger partial charge is 0.269 e. The normalized spacial score (nSPS) is 14.7. The van der Waals surface area contributed by atoms with Crippen LogP contribution in [0.3, 0.4) is 0 Å². The van der Waals surface area contributed by atoms with Crippen LogP contribution in [0.2, 0.25) is 0 Å². The van der Waals surface area contributed by atoms with Gasteiger partial charge in [-0.05, 0) is 42.8 Å². The molecule has 2 aromatic carbocycles. The minimum Gasteiger partial charge on any atom is -0.369 e. The van der Waals surface area contributed by atoms with Crippen LogP contribution in [0.25, 0.3) is 0 Å². The predicted octanol–water partition coefficient (Wildman–Crippen LogP) is 3.23. The van der Waals surface area contributed by atoms with E-state index in [4.69, 9.17) is 0 Å². The number of aryl methyl sites for hydroxylation is 1. The van der Waals surface area contributed by atoms with Gasteiger partial charge in [0.25, 0.3) is 5.69 Å². The summed E-state index contributed by atoms with van der Waals surface area (Å²) in [5.74, 6) is -0.141. The van der Waals surface area contributed by atoms with E-state index in [1.807, 2.05) is 12.1 Å². The van der Waals surface area contributed by atoms with Crippen molar-refractivity contribution >= 4 is 23.0 Å². The molecule has 28 heavy (non-hydrogen) atoms. The molecule has 0 aromatic heterocycles. The van der Waals surface area contributed by atoms with Crippen molar-refractivity contribution in [2.75, 3.05) is 42.9 Å². The highest BCUT2D eigenvalue weighted by atomic mass is 16.6. The third-order valence-corrected chi connectivity index (χ3v) is 5.15. The molecule has 0 radical (unpaired) electrons. The Labute approximate surface area is 165 Å². The molecule has 1 saturated heterocycles. The first kappa shape index (κ1) is 19.8. The molecule has 7 nitrogen and oxygen atoms in total. The number of non-ortho nitro benzene ring substituents is 1. The van der Waals surface area contributed by atoms with E-state index in [9.17, 15) is 14.9 Å². The van der Waals surface area contributed by atoms with Gasteiger partial charge in [-0.2, -0.15) is 0 Å². The lowest BCUT2D eigenvalue weighted by atomic mass is 10.1. The molecule has 1 N–H and O–H groups in total. The second kappa shape index (κ2) is 8.84. The first-order valence-corrected chi connectivity index (χ1v) is 9.57. The monoisotopic (exact) mass is 382 g/mol. The summed E-state index contributed by atoms with van der Waals surface area (Å²) in [6, 6.07) is 12.1. The second-order valence-corrected chi connectivity index (χ2v) is 7.07. The van der Waals surface area contributed by atoms with Gasteiger partial charge in [0.2, 0.25) is 5.91 Å². The maximum absolute atomic E-state index is 12.3. The summed E-state index contributed by atoms with van der Waals surface area (Å²) < 4.78 is 0. The van der Waals surface area contributed by atoms with E-state index in [2.05, 4.69) is 35.0 Å². The van der Waals surface area contributed by atoms with Crippen LogP contribution in [0, 0.1) is 17.0 Å². The van der Waals surface area contributed by atoms with Gasteiger partial charge in [0.15, 0.2) is 0 Å². The molecule has 3 rings (SSSR count). The van der Waals surface area contributed by atoms with Gasteiger partial charge in [0, 0.05) is 49.7 Å². The lowest BCUT2D eigenvalue weighted by molar-refractivity contribution is -0.384. The Morgan fingerprint density at radius 1 is 1.11 bits per heavy atom. The van der Waals surface area contributed by atoms with E-state index in [1.165, 1.54) is 17.8 Å². The summed E-state index contributed by atoms with van der Waals surface area (Å²) in [7, 11) is 0. The lowest BCUT2D eigenvalue weighted by Gasteiger charge is -2.36. The van der Waals surface area contributed by atoms with Crippen LogP contribution in [-0.4, -0.2) is 48.5 Å². The first-order chi connectivity index (χ1) is 13.5. The number of amides is 1. The predicted molar refractivity (Wildman–Crippen MR) is 111 cm³/mol. The van der Waals surface area contributed by atoms with Crippen molar-refractivity contribution in [1.82, 2.24) is 4.90 Å². The van der Waals surface area contributed by atoms with E-state index >= 15 is 0 Å². The van der Waals surface area contributed by atoms with Gasteiger partial charge in [0.05, 0.1) is 11.3 Å². The third-order valence-electron chi connectivity index (χ3n) is 5.15. The number of hydrogen-bond acceptors (Lipinski definition) is 5. The number of carbonyl (C=O) groups is 1. The van der Waals surface area contributed by atoms with Crippen molar-refractivity contribution in [3.8, 4) is 0 Å². The van der Waals surface area contributed by atoms with Crippen LogP contribution < -0.4 is 10.2 Å². The molecule has 0 bridgehead atoms. The van der Waals surface area contributed by atoms with Crippen LogP contribution in [0.5, 0.6) is 0 Å². The number of nitrogens with one attached hydrogen (secondary N) is 1. The largest absolute Gasteiger partial charge is 0.369 e. The van der Waals surface area contributed by atoms with Crippen LogP contribution in [0.4, 0.5) is 17.1 Å². The van der Waals surface area contributed by atoms with Gasteiger partial charge in [-0.15, -0.1) is 0 Å². The Morgan fingerprint density at radius 2 is 1.79 bits per heavy atom. The number of likely N-dealkylation sites (N-methyl/N-ethyl adjacent to an activating group) is 1. The Bertz CT molecular complexity index is 843. The number of hydrogen-bond donors (Lipinski definition) is 1. The number of rotatable bonds is 6. The van der Waals surface area contributed by atoms with Gasteiger partial charge < -0.3 is 15.1 Å². The van der Waals surface area contributed by atoms with Gasteiger partial charge >= 0.3 is 0 Å². The highest BCUT2D eigenvalue weighted by Gasteiger charge is 2.17. The van der Waals surface area contributed by atoms with Crippen molar-refractivity contribution in [1.29, 1.82) is 0 Å². The average Bonchev–Trinajstić information content (AvgIpc) is 2.68. The van der Waals surface area contributed by atoms with E-state index in [0.717, 1.165) is 49.5 Å². The Hall–Kier alpha value is -2.93. The standard InChI is InChI=1S/C21H26N4O3/c1-3-23-10-12-24(13-11-23)20-9-6-18(14-16(20)2)22-21(26)15-17-4-7-19(8-5-17)25(27)28/h4-9,14H,3,10-13,15H2,1-2H3,(H,22,26). The fourth-order valence-corrected chi connectivity index (χ4v) is 3.52. The van der Waals surface area contributed by atoms with Gasteiger partial charge in [-0.3, -0.25) is 14.9 Å². The van der Waals surface area contributed by atoms with Crippen molar-refractivity contribution < 1.29 is 9.72 Å². The van der Waals surface area contributed by atoms with Crippen molar-refractivity contribution in [3.63, 3.8) is 0 Å². The number of benzene rings is 2. The molecular formula is C21H26N4O3. The van der Waals surface area contributed by atoms with Crippen molar-refractivity contribution in [3.05, 3.63) is 63.7 Å². The molecule has 2 aromatic rings. The fourth-order valence-electron chi connectivity index (χ4n) is 3.52. The number of carbonyl (C=O) groups excluding carboxylic acids is 1. The van der Waals surface area contributed by atoms with Crippen molar-refractivity contribution in [2.45, 2.75) is 20.3 Å². The molecule has 0 unspecified atom stereocenters. The molecule has 7 heteroatoms. The van der Waals surface area contributed by atoms with Gasteiger partial charge in [0.1, 0.15) is 0 Å². The van der Waals surface area contributed by atoms with Crippen LogP contribution in [-0.2, 0) is 11.2 Å². The Balaban J connectivity index is 1.59. The van der Waals surface area contributed by atoms with Crippen molar-refractivity contribution in [2.24, 2.45) is 0 Å². The number of nitro benzene ring substituents is 1. The third kappa shape index (κ3) is 4.86. The van der Waals surface area contributed by atoms with E-state index in [0.29, 0.717) is 0 Å². The lowest BCUT2D eigenvalue weighted by Crippen LogP contribution is -2.46. The molecule has 0 atom stereocenters. The molecule has 0 saturated carbocycles. The number of piperazine rings is 1. The molecule has 0 spiro atoms. The first-order valence-electron chi connectivity index (χ1n) is 9.57. The summed E-state index contributed by atoms with van der Waals surface area (Å²) in [5.41, 5.74) is 3.88. The van der Waals surface area contributed by atoms with E-state index in [-0.39, 0.29) is 18.0 Å². The summed E-state index contributed by atoms with van der Waals surface area (Å²) in [4.78, 5) is 27.4. The molecule has 1 heterocycles. The Kier molecular flexibility index (Phi) is 6.26.